The highest BCUT2D eigenvalue weighted by Crippen LogP contribution is 2.35. The fraction of sp³-hybridized carbons (Fsp3) is 0.235. The number of rotatable bonds is 1. The van der Waals surface area contributed by atoms with Gasteiger partial charge in [-0.25, -0.2) is 15.0 Å². The number of nitrogen functional groups attached to an aromatic ring is 1. The Balaban J connectivity index is 0.00000100. The monoisotopic (exact) mass is 334 g/mol. The van der Waals surface area contributed by atoms with E-state index in [0.29, 0.717) is 17.6 Å². The average Bonchev–Trinajstić information content (AvgIpc) is 2.56. The number of hydrogen-bond donors (Lipinski definition) is 1. The normalized spacial score (nSPS) is 11.1. The van der Waals surface area contributed by atoms with Crippen LogP contribution in [0.15, 0.2) is 36.7 Å². The van der Waals surface area contributed by atoms with Crippen LogP contribution in [0.2, 0.25) is 0 Å². The molecule has 2 N–H and O–H groups in total. The molecule has 1 aromatic carbocycles. The van der Waals surface area contributed by atoms with Crippen LogP contribution in [0.25, 0.3) is 22.3 Å². The number of fused-ring (bicyclic) bond motifs is 1. The lowest BCUT2D eigenvalue weighted by Crippen LogP contribution is -2.09. The smallest absolute Gasteiger partial charge is 0.382 e. The van der Waals surface area contributed by atoms with Gasteiger partial charge in [0.15, 0.2) is 5.82 Å². The number of nitrogens with zero attached hydrogens (tertiary/aromatic N) is 3. The molecule has 3 aromatic rings. The second kappa shape index (κ2) is 6.82. The van der Waals surface area contributed by atoms with Gasteiger partial charge in [0.1, 0.15) is 11.3 Å². The van der Waals surface area contributed by atoms with Crippen LogP contribution in [0.1, 0.15) is 25.0 Å². The minimum Gasteiger partial charge on any atom is -0.382 e. The van der Waals surface area contributed by atoms with Gasteiger partial charge in [0.2, 0.25) is 0 Å². The Bertz CT molecular complexity index is 860. The second-order valence-electron chi connectivity index (χ2n) is 4.88. The van der Waals surface area contributed by atoms with Crippen molar-refractivity contribution >= 4 is 16.7 Å². The van der Waals surface area contributed by atoms with Gasteiger partial charge in [0, 0.05) is 23.3 Å². The number of benzene rings is 1. The van der Waals surface area contributed by atoms with E-state index in [1.165, 1.54) is 0 Å². The summed E-state index contributed by atoms with van der Waals surface area (Å²) in [5, 5.41) is -0.156. The van der Waals surface area contributed by atoms with Gasteiger partial charge in [-0.2, -0.15) is 13.2 Å². The van der Waals surface area contributed by atoms with Gasteiger partial charge in [0.25, 0.3) is 0 Å². The van der Waals surface area contributed by atoms with E-state index in [1.54, 1.807) is 6.07 Å². The Morgan fingerprint density at radius 3 is 2.38 bits per heavy atom. The lowest BCUT2D eigenvalue weighted by molar-refractivity contribution is -0.136. The van der Waals surface area contributed by atoms with E-state index >= 15 is 0 Å². The highest BCUT2D eigenvalue weighted by atomic mass is 19.4. The summed E-state index contributed by atoms with van der Waals surface area (Å²) in [4.78, 5) is 11.8. The fourth-order valence-corrected chi connectivity index (χ4v) is 2.19. The SMILES string of the molecule is CC.Cc1cccc(-c2ncc3c(C(F)(F)F)cnc(N)c3n2)c1. The lowest BCUT2D eigenvalue weighted by Gasteiger charge is -2.11. The summed E-state index contributed by atoms with van der Waals surface area (Å²) < 4.78 is 39.0. The molecule has 0 unspecified atom stereocenters. The zero-order valence-electron chi connectivity index (χ0n) is 13.5. The molecule has 0 spiro atoms. The van der Waals surface area contributed by atoms with Crippen molar-refractivity contribution in [3.63, 3.8) is 0 Å². The van der Waals surface area contributed by atoms with Crippen molar-refractivity contribution < 1.29 is 13.2 Å². The Morgan fingerprint density at radius 2 is 1.75 bits per heavy atom. The number of aromatic nitrogens is 3. The molecule has 3 rings (SSSR count). The Labute approximate surface area is 137 Å². The minimum absolute atomic E-state index is 0.00123. The third-order valence-corrected chi connectivity index (χ3v) is 3.24. The van der Waals surface area contributed by atoms with Gasteiger partial charge in [0.05, 0.1) is 5.56 Å². The number of nitrogens with two attached hydrogens (primary N) is 1. The molecule has 2 aromatic heterocycles. The molecular weight excluding hydrogens is 317 g/mol. The molecule has 0 saturated heterocycles. The van der Waals surface area contributed by atoms with Gasteiger partial charge < -0.3 is 5.73 Å². The average molecular weight is 334 g/mol. The molecule has 126 valence electrons. The van der Waals surface area contributed by atoms with E-state index < -0.39 is 11.7 Å². The fourth-order valence-electron chi connectivity index (χ4n) is 2.19. The van der Waals surface area contributed by atoms with Crippen LogP contribution >= 0.6 is 0 Å². The number of anilines is 1. The number of alkyl halides is 3. The maximum absolute atomic E-state index is 13.0. The minimum atomic E-state index is -4.53. The quantitative estimate of drug-likeness (QED) is 0.705. The van der Waals surface area contributed by atoms with Crippen LogP contribution in [0.5, 0.6) is 0 Å². The van der Waals surface area contributed by atoms with E-state index in [9.17, 15) is 13.2 Å². The Hall–Kier alpha value is -2.70. The predicted octanol–water partition coefficient (Wildman–Crippen LogP) is 4.63. The molecule has 4 nitrogen and oxygen atoms in total. The van der Waals surface area contributed by atoms with E-state index in [4.69, 9.17) is 5.73 Å². The van der Waals surface area contributed by atoms with E-state index in [0.717, 1.165) is 11.8 Å². The molecule has 0 amide bonds. The molecule has 0 aliphatic carbocycles. The molecule has 0 saturated carbocycles. The molecule has 7 heteroatoms. The largest absolute Gasteiger partial charge is 0.418 e. The number of hydrogen-bond acceptors (Lipinski definition) is 4. The third-order valence-electron chi connectivity index (χ3n) is 3.24. The highest BCUT2D eigenvalue weighted by Gasteiger charge is 2.34. The zero-order valence-corrected chi connectivity index (χ0v) is 13.5. The summed E-state index contributed by atoms with van der Waals surface area (Å²) in [5.74, 6) is 0.253. The molecule has 0 radical (unpaired) electrons. The first-order chi connectivity index (χ1) is 11.4. The summed E-state index contributed by atoms with van der Waals surface area (Å²) in [6, 6.07) is 7.36. The number of pyridine rings is 1. The van der Waals surface area contributed by atoms with E-state index in [-0.39, 0.29) is 16.7 Å². The first kappa shape index (κ1) is 17.7. The summed E-state index contributed by atoms with van der Waals surface area (Å²) in [6.07, 6.45) is -2.69. The maximum atomic E-state index is 13.0. The van der Waals surface area contributed by atoms with E-state index in [2.05, 4.69) is 15.0 Å². The first-order valence-corrected chi connectivity index (χ1v) is 7.42. The van der Waals surface area contributed by atoms with Gasteiger partial charge in [-0.3, -0.25) is 0 Å². The highest BCUT2D eigenvalue weighted by molar-refractivity contribution is 5.90. The molecule has 0 aliphatic rings. The second-order valence-corrected chi connectivity index (χ2v) is 4.88. The van der Waals surface area contributed by atoms with Crippen LogP contribution in [-0.2, 0) is 6.18 Å². The van der Waals surface area contributed by atoms with Crippen LogP contribution in [-0.4, -0.2) is 15.0 Å². The zero-order chi connectivity index (χ0) is 17.9. The molecule has 0 aliphatic heterocycles. The summed E-state index contributed by atoms with van der Waals surface area (Å²) in [5.41, 5.74) is 6.49. The summed E-state index contributed by atoms with van der Waals surface area (Å²) in [7, 11) is 0. The molecule has 24 heavy (non-hydrogen) atoms. The first-order valence-electron chi connectivity index (χ1n) is 7.42. The summed E-state index contributed by atoms with van der Waals surface area (Å²) >= 11 is 0. The van der Waals surface area contributed by atoms with Gasteiger partial charge in [-0.1, -0.05) is 37.6 Å². The van der Waals surface area contributed by atoms with Crippen molar-refractivity contribution in [2.45, 2.75) is 26.9 Å². The van der Waals surface area contributed by atoms with E-state index in [1.807, 2.05) is 39.0 Å². The number of halogens is 3. The van der Waals surface area contributed by atoms with Crippen molar-refractivity contribution in [3.8, 4) is 11.4 Å². The van der Waals surface area contributed by atoms with Crippen molar-refractivity contribution in [2.24, 2.45) is 0 Å². The van der Waals surface area contributed by atoms with Crippen molar-refractivity contribution in [2.75, 3.05) is 5.73 Å². The molecule has 0 atom stereocenters. The molecule has 2 heterocycles. The molecule has 0 bridgehead atoms. The maximum Gasteiger partial charge on any atom is 0.418 e. The van der Waals surface area contributed by atoms with Crippen molar-refractivity contribution in [1.29, 1.82) is 0 Å². The van der Waals surface area contributed by atoms with Gasteiger partial charge >= 0.3 is 6.18 Å². The summed E-state index contributed by atoms with van der Waals surface area (Å²) in [6.45, 7) is 5.90. The van der Waals surface area contributed by atoms with Crippen LogP contribution in [0.3, 0.4) is 0 Å². The van der Waals surface area contributed by atoms with Gasteiger partial charge in [-0.15, -0.1) is 0 Å². The number of aryl methyl sites for hydroxylation is 1. The van der Waals surface area contributed by atoms with Crippen LogP contribution in [0.4, 0.5) is 19.0 Å². The third kappa shape index (κ3) is 3.45. The van der Waals surface area contributed by atoms with Gasteiger partial charge in [-0.05, 0) is 13.0 Å². The van der Waals surface area contributed by atoms with Crippen LogP contribution in [0, 0.1) is 6.92 Å². The van der Waals surface area contributed by atoms with Crippen LogP contribution < -0.4 is 5.73 Å². The van der Waals surface area contributed by atoms with Crippen molar-refractivity contribution in [3.05, 3.63) is 47.8 Å². The topological polar surface area (TPSA) is 64.7 Å². The lowest BCUT2D eigenvalue weighted by atomic mass is 10.1. The predicted molar refractivity (Wildman–Crippen MR) is 88.3 cm³/mol. The Kier molecular flexibility index (Phi) is 5.02. The standard InChI is InChI=1S/C15H11F3N4.C2H6/c1-8-3-2-4-9(5-8)14-21-6-10-11(15(16,17)18)7-20-13(19)12(10)22-14;1-2/h2-7H,1H3,(H2,19,20);1-2H3. The Morgan fingerprint density at radius 1 is 1.04 bits per heavy atom. The van der Waals surface area contributed by atoms with Crippen molar-refractivity contribution in [1.82, 2.24) is 15.0 Å². The molecule has 0 fully saturated rings. The molecular formula is C17H17F3N4.